The number of carboxylic acid groups (broad SMARTS) is 1. The van der Waals surface area contributed by atoms with Gasteiger partial charge in [0.2, 0.25) is 5.24 Å². The number of nitrogens with one attached hydrogen (secondary N) is 1. The van der Waals surface area contributed by atoms with E-state index in [1.54, 1.807) is 12.1 Å². The number of pyridine rings is 1. The van der Waals surface area contributed by atoms with Crippen molar-refractivity contribution in [2.24, 2.45) is 0 Å². The number of rotatable bonds is 15. The molecule has 1 saturated heterocycles. The van der Waals surface area contributed by atoms with Crippen LogP contribution in [-0.4, -0.2) is 92.7 Å². The summed E-state index contributed by atoms with van der Waals surface area (Å²) in [6.45, 7) is 6.94. The van der Waals surface area contributed by atoms with Gasteiger partial charge in [-0.2, -0.15) is 6.42 Å². The minimum absolute atomic E-state index is 0. The molecule has 4 N–H and O–H groups in total. The first-order valence-corrected chi connectivity index (χ1v) is 37.7. The van der Waals surface area contributed by atoms with Crippen LogP contribution in [0.1, 0.15) is 129 Å². The average molecular weight is 1410 g/mol. The number of anilines is 1. The van der Waals surface area contributed by atoms with Gasteiger partial charge in [-0.05, 0) is 147 Å². The van der Waals surface area contributed by atoms with Crippen molar-refractivity contribution >= 4 is 105 Å². The monoisotopic (exact) mass is 1410 g/mol. The number of ketones is 3. The number of hydrogen-bond acceptors (Lipinski definition) is 12. The summed E-state index contributed by atoms with van der Waals surface area (Å²) in [5.74, 6) is -2.49. The summed E-state index contributed by atoms with van der Waals surface area (Å²) in [4.78, 5) is 81.3. The molecule has 0 atom stereocenters. The van der Waals surface area contributed by atoms with Gasteiger partial charge >= 0.3 is 71.5 Å². The summed E-state index contributed by atoms with van der Waals surface area (Å²) >= 11 is 19.2. The Hall–Kier alpha value is -5.49. The van der Waals surface area contributed by atoms with Crippen molar-refractivity contribution in [1.82, 2.24) is 4.98 Å². The zero-order chi connectivity index (χ0) is 64.1. The van der Waals surface area contributed by atoms with Crippen molar-refractivity contribution in [2.75, 3.05) is 36.9 Å². The summed E-state index contributed by atoms with van der Waals surface area (Å²) in [6.07, 6.45) is 15.7. The number of amides is 1. The maximum absolute atomic E-state index is 11.8. The summed E-state index contributed by atoms with van der Waals surface area (Å²) in [7, 11) is 0. The number of ether oxygens (including phenoxy) is 2. The van der Waals surface area contributed by atoms with Crippen LogP contribution >= 0.6 is 48.4 Å². The van der Waals surface area contributed by atoms with Crippen LogP contribution in [0.5, 0.6) is 5.75 Å². The number of benzene rings is 6. The average Bonchev–Trinajstić information content (AvgIpc) is 1.28. The van der Waals surface area contributed by atoms with Gasteiger partial charge in [0.05, 0.1) is 34.2 Å². The molecule has 0 spiro atoms. The molecule has 90 heavy (non-hydrogen) atoms. The first-order valence-electron chi connectivity index (χ1n) is 29.3. The Bertz CT molecular complexity index is 3320. The van der Waals surface area contributed by atoms with E-state index < -0.39 is 28.9 Å². The normalized spacial score (nSPS) is 12.5. The summed E-state index contributed by atoms with van der Waals surface area (Å²) in [6, 6.07) is 47.4. The van der Waals surface area contributed by atoms with Gasteiger partial charge in [-0.15, -0.1) is 23.2 Å². The van der Waals surface area contributed by atoms with Crippen LogP contribution in [0, 0.1) is 6.92 Å². The molecule has 2 aliphatic carbocycles. The van der Waals surface area contributed by atoms with Crippen LogP contribution in [0.4, 0.5) is 5.69 Å². The number of aromatic nitrogens is 1. The predicted octanol–water partition coefficient (Wildman–Crippen LogP) is 11.7. The number of halogens is 4. The number of aromatic hydroxyl groups is 1. The SMILES string of the molecule is C1CCOC1.CC(=O)OCC(=O)CCc1ccccc1.O=C(CCl)CCc1ccccc1.O=C(Cl)CCl.O=C(O)c1c(O)c(CCc2ccccc2)nc2c3c(ccc12)CCCC3.O=C1Nc2c(ccc3c2CCCC3)C1=O.[CH2-]Cc1ccccc1.[Na+].[OH-].[Zn+][Br]. The van der Waals surface area contributed by atoms with Crippen molar-refractivity contribution in [3.8, 4) is 5.75 Å². The Morgan fingerprint density at radius 2 is 1.09 bits per heavy atom. The Morgan fingerprint density at radius 3 is 1.53 bits per heavy atom. The molecule has 470 valence electrons. The van der Waals surface area contributed by atoms with E-state index >= 15 is 0 Å². The Morgan fingerprint density at radius 1 is 0.633 bits per heavy atom. The zero-order valence-corrected chi connectivity index (χ0v) is 60.1. The van der Waals surface area contributed by atoms with Crippen LogP contribution in [0.25, 0.3) is 10.9 Å². The third kappa shape index (κ3) is 29.0. The van der Waals surface area contributed by atoms with E-state index in [0.29, 0.717) is 48.7 Å². The predicted molar refractivity (Wildman–Crippen MR) is 352 cm³/mol. The van der Waals surface area contributed by atoms with Gasteiger partial charge in [0.25, 0.3) is 11.7 Å². The fraction of sp³-hybridized carbons (Fsp3) is 0.329. The van der Waals surface area contributed by atoms with Crippen LogP contribution in [0.3, 0.4) is 0 Å². The Labute approximate surface area is 582 Å². The van der Waals surface area contributed by atoms with Crippen LogP contribution in [-0.2, 0) is 108 Å². The molecule has 4 aliphatic rings. The Kier molecular flexibility index (Phi) is 41.7. The van der Waals surface area contributed by atoms with Gasteiger partial charge in [-0.25, -0.2) is 9.78 Å². The van der Waals surface area contributed by atoms with Crippen LogP contribution in [0.15, 0.2) is 146 Å². The number of fused-ring (bicyclic) bond motifs is 6. The van der Waals surface area contributed by atoms with Crippen molar-refractivity contribution < 1.29 is 105 Å². The number of nitrogens with zero attached hydrogens (tertiary/aromatic N) is 1. The number of aromatic carboxylic acids is 1. The molecule has 2 aliphatic heterocycles. The molecule has 0 radical (unpaired) electrons. The second kappa shape index (κ2) is 46.6. The quantitative estimate of drug-likeness (QED) is 0.0217. The Balaban J connectivity index is 0.000000379. The first-order chi connectivity index (χ1) is 42.6. The summed E-state index contributed by atoms with van der Waals surface area (Å²) < 4.78 is 9.55. The first kappa shape index (κ1) is 80.6. The molecule has 3 heterocycles. The number of carbonyl (C=O) groups is 7. The van der Waals surface area contributed by atoms with E-state index in [0.717, 1.165) is 98.9 Å². The molecule has 1 aromatic heterocycles. The second-order valence-electron chi connectivity index (χ2n) is 20.5. The number of aryl methyl sites for hydroxylation is 7. The molecule has 14 nitrogen and oxygen atoms in total. The number of alkyl halides is 2. The van der Waals surface area contributed by atoms with Crippen molar-refractivity contribution in [1.29, 1.82) is 0 Å². The fourth-order valence-corrected chi connectivity index (χ4v) is 9.82. The minimum atomic E-state index is -1.10. The molecule has 1 amide bonds. The van der Waals surface area contributed by atoms with Gasteiger partial charge in [0, 0.05) is 38.4 Å². The van der Waals surface area contributed by atoms with E-state index in [4.69, 9.17) is 44.5 Å². The standard InChI is InChI=1S/C22H21NO3.C12H11NO2.C12H14O3.C10H11ClO.C8H9.C4H8O.C2H2Cl2O.BrH.Na.H2O.Zn/c24-21-18(13-10-14-6-2-1-3-7-14)23-20-16-9-5-4-8-15(16)11-12-17(20)19(21)22(25)26;14-11-9-6-5-7-3-1-2-4-8(7)10(9)13-12(11)15;1-10(13)15-9-12(14)8-7-11-5-3-2-4-6-11;11-8-10(12)7-6-9-4-2-1-3-5-9;1-2-8-6-4-3-5-7-8;1-2-4-5-3-1;3-1-2(4)5;;;;/h1-3,6-7,11-12,24H,4-5,8-10,13H2,(H,25,26);5-6H,1-4H2,(H,13,14,15);2-6H,7-9H2,1H3;1-5H,6-8H2;3-7H,1-2H2;1-4H2;1H2;1H;;1H2;/q;;;;-1;;;;+1;;+2/p-2. The molecule has 0 unspecified atom stereocenters. The van der Waals surface area contributed by atoms with Crippen LogP contribution < -0.4 is 34.9 Å². The number of carbonyl (C=O) groups excluding carboxylic acids is 6. The zero-order valence-electron chi connectivity index (χ0n) is 51.3. The number of Topliss-reactive ketones (excluding diaryl/α,β-unsaturated/α-hetero) is 3. The maximum atomic E-state index is 11.8. The molecule has 20 heteroatoms. The van der Waals surface area contributed by atoms with E-state index in [2.05, 4.69) is 42.7 Å². The van der Waals surface area contributed by atoms with E-state index in [1.165, 1.54) is 70.3 Å². The van der Waals surface area contributed by atoms with Gasteiger partial charge in [-0.3, -0.25) is 28.8 Å². The molecule has 6 aromatic carbocycles. The summed E-state index contributed by atoms with van der Waals surface area (Å²) in [5.41, 5.74) is 12.2. The van der Waals surface area contributed by atoms with Gasteiger partial charge in [0.15, 0.2) is 11.5 Å². The second-order valence-corrected chi connectivity index (χ2v) is 21.5. The van der Waals surface area contributed by atoms with E-state index in [9.17, 15) is 43.8 Å². The summed E-state index contributed by atoms with van der Waals surface area (Å²) in [5, 5.41) is 23.0. The number of hydrogen-bond donors (Lipinski definition) is 3. The van der Waals surface area contributed by atoms with E-state index in [1.807, 2.05) is 121 Å². The number of carboxylic acids is 1. The van der Waals surface area contributed by atoms with Crippen molar-refractivity contribution in [3.05, 3.63) is 214 Å². The fourth-order valence-electron chi connectivity index (χ4n) is 9.68. The van der Waals surface area contributed by atoms with Gasteiger partial charge in [-0.1, -0.05) is 145 Å². The topological polar surface area (TPSA) is 233 Å². The van der Waals surface area contributed by atoms with Gasteiger partial charge < -0.3 is 37.4 Å². The number of esters is 1. The third-order valence-electron chi connectivity index (χ3n) is 14.2. The van der Waals surface area contributed by atoms with Crippen molar-refractivity contribution in [2.45, 2.75) is 116 Å². The molecular weight excluding hydrogens is 1340 g/mol. The van der Waals surface area contributed by atoms with Crippen LogP contribution in [0.2, 0.25) is 0 Å². The van der Waals surface area contributed by atoms with Crippen molar-refractivity contribution in [3.63, 3.8) is 0 Å². The molecule has 0 saturated carbocycles. The molecule has 0 bridgehead atoms. The molecule has 11 rings (SSSR count). The third-order valence-corrected chi connectivity index (χ3v) is 15.0. The van der Waals surface area contributed by atoms with E-state index in [-0.39, 0.29) is 76.3 Å². The molecule has 7 aromatic rings. The molecular formula is C70H77BrCl3N2NaO12Zn. The molecule has 1 fully saturated rings. The van der Waals surface area contributed by atoms with Gasteiger partial charge in [0.1, 0.15) is 18.0 Å².